The predicted octanol–water partition coefficient (Wildman–Crippen LogP) is 1.66. The molecule has 20 heavy (non-hydrogen) atoms. The van der Waals surface area contributed by atoms with E-state index in [0.29, 0.717) is 26.1 Å². The molecule has 2 atom stereocenters. The van der Waals surface area contributed by atoms with E-state index in [9.17, 15) is 9.59 Å². The van der Waals surface area contributed by atoms with Gasteiger partial charge in [0.25, 0.3) is 0 Å². The van der Waals surface area contributed by atoms with Gasteiger partial charge >= 0.3 is 5.97 Å². The fraction of sp³-hybridized carbons (Fsp3) is 0.867. The Hall–Kier alpha value is -1.10. The molecule has 1 spiro atoms. The molecule has 0 aromatic carbocycles. The first-order valence-electron chi connectivity index (χ1n) is 7.77. The summed E-state index contributed by atoms with van der Waals surface area (Å²) in [6, 6.07) is 0. The van der Waals surface area contributed by atoms with Crippen LogP contribution in [0.1, 0.15) is 44.9 Å². The molecule has 2 unspecified atom stereocenters. The number of carbonyl (C=O) groups excluding carboxylic acids is 1. The van der Waals surface area contributed by atoms with Gasteiger partial charge in [0.05, 0.1) is 24.0 Å². The van der Waals surface area contributed by atoms with Crippen molar-refractivity contribution in [3.63, 3.8) is 0 Å². The maximum atomic E-state index is 12.4. The van der Waals surface area contributed by atoms with Crippen LogP contribution in [0.2, 0.25) is 0 Å². The zero-order valence-corrected chi connectivity index (χ0v) is 11.8. The topological polar surface area (TPSA) is 66.8 Å². The summed E-state index contributed by atoms with van der Waals surface area (Å²) in [5.74, 6) is -1.53. The van der Waals surface area contributed by atoms with Gasteiger partial charge in [0.1, 0.15) is 0 Å². The lowest BCUT2D eigenvalue weighted by molar-refractivity contribution is -0.155. The van der Waals surface area contributed by atoms with E-state index in [1.807, 2.05) is 4.90 Å². The van der Waals surface area contributed by atoms with E-state index in [2.05, 4.69) is 0 Å². The maximum Gasteiger partial charge on any atom is 0.307 e. The van der Waals surface area contributed by atoms with Crippen molar-refractivity contribution < 1.29 is 19.4 Å². The van der Waals surface area contributed by atoms with Crippen molar-refractivity contribution in [2.75, 3.05) is 19.7 Å². The lowest BCUT2D eigenvalue weighted by atomic mass is 9.92. The molecule has 3 fully saturated rings. The monoisotopic (exact) mass is 281 g/mol. The van der Waals surface area contributed by atoms with Gasteiger partial charge < -0.3 is 14.7 Å². The van der Waals surface area contributed by atoms with E-state index in [1.54, 1.807) is 0 Å². The lowest BCUT2D eigenvalue weighted by Gasteiger charge is -2.42. The molecule has 0 aromatic rings. The fourth-order valence-electron chi connectivity index (χ4n) is 3.68. The molecule has 1 saturated heterocycles. The van der Waals surface area contributed by atoms with Gasteiger partial charge in [-0.3, -0.25) is 9.59 Å². The predicted molar refractivity (Wildman–Crippen MR) is 72.2 cm³/mol. The van der Waals surface area contributed by atoms with Crippen molar-refractivity contribution >= 4 is 11.9 Å². The van der Waals surface area contributed by atoms with Crippen LogP contribution in [-0.2, 0) is 14.3 Å². The highest BCUT2D eigenvalue weighted by atomic mass is 16.5. The zero-order chi connectivity index (χ0) is 14.2. The Kier molecular flexibility index (Phi) is 3.71. The molecule has 3 aliphatic rings. The van der Waals surface area contributed by atoms with Crippen LogP contribution in [0.15, 0.2) is 0 Å². The van der Waals surface area contributed by atoms with E-state index < -0.39 is 11.9 Å². The lowest BCUT2D eigenvalue weighted by Crippen LogP contribution is -2.54. The molecule has 112 valence electrons. The molecule has 0 bridgehead atoms. The minimum absolute atomic E-state index is 0.0318. The van der Waals surface area contributed by atoms with Crippen molar-refractivity contribution in [3.8, 4) is 0 Å². The summed E-state index contributed by atoms with van der Waals surface area (Å²) < 4.78 is 6.03. The number of carboxylic acids is 1. The first-order valence-corrected chi connectivity index (χ1v) is 7.77. The van der Waals surface area contributed by atoms with Gasteiger partial charge in [-0.1, -0.05) is 25.7 Å². The number of ether oxygens (including phenoxy) is 1. The minimum Gasteiger partial charge on any atom is -0.481 e. The van der Waals surface area contributed by atoms with Crippen LogP contribution in [0.25, 0.3) is 0 Å². The molecule has 0 radical (unpaired) electrons. The van der Waals surface area contributed by atoms with Gasteiger partial charge in [-0.2, -0.15) is 0 Å². The average molecular weight is 281 g/mol. The van der Waals surface area contributed by atoms with E-state index >= 15 is 0 Å². The number of carbonyl (C=O) groups is 2. The van der Waals surface area contributed by atoms with Crippen LogP contribution in [0.5, 0.6) is 0 Å². The van der Waals surface area contributed by atoms with E-state index in [-0.39, 0.29) is 17.4 Å². The number of hydrogen-bond acceptors (Lipinski definition) is 3. The van der Waals surface area contributed by atoms with Crippen molar-refractivity contribution in [1.29, 1.82) is 0 Å². The van der Waals surface area contributed by atoms with E-state index in [0.717, 1.165) is 12.8 Å². The van der Waals surface area contributed by atoms with E-state index in [1.165, 1.54) is 25.7 Å². The number of morpholine rings is 1. The molecule has 5 heteroatoms. The number of carboxylic acid groups (broad SMARTS) is 1. The van der Waals surface area contributed by atoms with Gasteiger partial charge in [-0.05, 0) is 19.3 Å². The molecule has 1 aliphatic heterocycles. The Morgan fingerprint density at radius 2 is 1.80 bits per heavy atom. The number of aliphatic carboxylic acids is 1. The molecule has 1 heterocycles. The van der Waals surface area contributed by atoms with Crippen LogP contribution in [0.4, 0.5) is 0 Å². The average Bonchev–Trinajstić information content (AvgIpc) is 3.23. The molecule has 5 nitrogen and oxygen atoms in total. The highest BCUT2D eigenvalue weighted by Gasteiger charge is 2.51. The Bertz CT molecular complexity index is 401. The molecule has 3 rings (SSSR count). The second kappa shape index (κ2) is 5.35. The molecule has 1 N–H and O–H groups in total. The molecular weight excluding hydrogens is 258 g/mol. The minimum atomic E-state index is -0.833. The number of hydrogen-bond donors (Lipinski definition) is 1. The molecular formula is C15H23NO4. The Morgan fingerprint density at radius 1 is 1.10 bits per heavy atom. The molecule has 1 amide bonds. The number of amides is 1. The van der Waals surface area contributed by atoms with E-state index in [4.69, 9.17) is 9.84 Å². The third-order valence-corrected chi connectivity index (χ3v) is 5.00. The summed E-state index contributed by atoms with van der Waals surface area (Å²) >= 11 is 0. The SMILES string of the molecule is O=C(O)C1CC1C(=O)N1CCOC2(CCCCCC2)C1. The summed E-state index contributed by atoms with van der Waals surface area (Å²) in [6.45, 7) is 1.87. The zero-order valence-electron chi connectivity index (χ0n) is 11.8. The third-order valence-electron chi connectivity index (χ3n) is 5.00. The molecule has 2 aliphatic carbocycles. The van der Waals surface area contributed by atoms with Crippen molar-refractivity contribution in [2.45, 2.75) is 50.5 Å². The Morgan fingerprint density at radius 3 is 2.40 bits per heavy atom. The van der Waals surface area contributed by atoms with Crippen molar-refractivity contribution in [2.24, 2.45) is 11.8 Å². The third kappa shape index (κ3) is 2.68. The Balaban J connectivity index is 1.63. The van der Waals surface area contributed by atoms with Gasteiger partial charge in [-0.25, -0.2) is 0 Å². The summed E-state index contributed by atoms with van der Waals surface area (Å²) in [5.41, 5.74) is -0.155. The van der Waals surface area contributed by atoms with Gasteiger partial charge in [-0.15, -0.1) is 0 Å². The second-order valence-electron chi connectivity index (χ2n) is 6.49. The number of rotatable bonds is 2. The first-order chi connectivity index (χ1) is 9.61. The summed E-state index contributed by atoms with van der Waals surface area (Å²) in [6.07, 6.45) is 7.42. The van der Waals surface area contributed by atoms with Crippen LogP contribution < -0.4 is 0 Å². The first kappa shape index (κ1) is 13.9. The van der Waals surface area contributed by atoms with Crippen molar-refractivity contribution in [3.05, 3.63) is 0 Å². The second-order valence-corrected chi connectivity index (χ2v) is 6.49. The summed E-state index contributed by atoms with van der Waals surface area (Å²) in [5, 5.41) is 8.95. The molecule has 0 aromatic heterocycles. The van der Waals surface area contributed by atoms with Gasteiger partial charge in [0.2, 0.25) is 5.91 Å². The smallest absolute Gasteiger partial charge is 0.307 e. The van der Waals surface area contributed by atoms with Gasteiger partial charge in [0.15, 0.2) is 0 Å². The largest absolute Gasteiger partial charge is 0.481 e. The Labute approximate surface area is 119 Å². The standard InChI is InChI=1S/C15H23NO4/c17-13(11-9-12(11)14(18)19)16-7-8-20-15(10-16)5-3-1-2-4-6-15/h11-12H,1-10H2,(H,18,19). The van der Waals surface area contributed by atoms with Crippen LogP contribution in [0, 0.1) is 11.8 Å². The quantitative estimate of drug-likeness (QED) is 0.836. The summed E-state index contributed by atoms with van der Waals surface area (Å²) in [4.78, 5) is 25.2. The van der Waals surface area contributed by atoms with Crippen LogP contribution >= 0.6 is 0 Å². The molecule has 2 saturated carbocycles. The van der Waals surface area contributed by atoms with Gasteiger partial charge in [0, 0.05) is 13.1 Å². The highest BCUT2D eigenvalue weighted by Crippen LogP contribution is 2.41. The van der Waals surface area contributed by atoms with Crippen LogP contribution in [-0.4, -0.2) is 47.2 Å². The normalized spacial score (nSPS) is 32.7. The van der Waals surface area contributed by atoms with Crippen LogP contribution in [0.3, 0.4) is 0 Å². The number of nitrogens with zero attached hydrogens (tertiary/aromatic N) is 1. The highest BCUT2D eigenvalue weighted by molar-refractivity contribution is 5.89. The summed E-state index contributed by atoms with van der Waals surface area (Å²) in [7, 11) is 0. The fourth-order valence-corrected chi connectivity index (χ4v) is 3.68. The van der Waals surface area contributed by atoms with Crippen molar-refractivity contribution in [1.82, 2.24) is 4.90 Å². The maximum absolute atomic E-state index is 12.4.